The van der Waals surface area contributed by atoms with E-state index in [0.717, 1.165) is 18.7 Å². The summed E-state index contributed by atoms with van der Waals surface area (Å²) in [4.78, 5) is 2.06. The van der Waals surface area contributed by atoms with Crippen LogP contribution in [0.3, 0.4) is 0 Å². The van der Waals surface area contributed by atoms with E-state index >= 15 is 0 Å². The quantitative estimate of drug-likeness (QED) is 0.833. The minimum Gasteiger partial charge on any atom is -0.330 e. The standard InChI is InChI=1S/C12H14FN3/c13-11-3-1-10(2-4-11)12(6-15)16-7-9(5-14)8-16/h1-4,9,12H,5,7-8,14H2/t12-/m0/s1. The second-order valence-electron chi connectivity index (χ2n) is 4.14. The van der Waals surface area contributed by atoms with Crippen LogP contribution < -0.4 is 5.73 Å². The van der Waals surface area contributed by atoms with E-state index in [2.05, 4.69) is 11.0 Å². The summed E-state index contributed by atoms with van der Waals surface area (Å²) >= 11 is 0. The molecule has 1 aliphatic rings. The highest BCUT2D eigenvalue weighted by Gasteiger charge is 2.32. The largest absolute Gasteiger partial charge is 0.330 e. The van der Waals surface area contributed by atoms with Gasteiger partial charge in [-0.1, -0.05) is 12.1 Å². The highest BCUT2D eigenvalue weighted by Crippen LogP contribution is 2.27. The van der Waals surface area contributed by atoms with Gasteiger partial charge in [-0.15, -0.1) is 0 Å². The Kier molecular flexibility index (Phi) is 3.18. The van der Waals surface area contributed by atoms with Crippen LogP contribution in [0.1, 0.15) is 11.6 Å². The predicted octanol–water partition coefficient (Wildman–Crippen LogP) is 1.28. The molecule has 0 radical (unpaired) electrons. The Morgan fingerprint density at radius 2 is 2.06 bits per heavy atom. The molecule has 84 valence electrons. The number of hydrogen-bond acceptors (Lipinski definition) is 3. The molecule has 0 aliphatic carbocycles. The number of hydrogen-bond donors (Lipinski definition) is 1. The second-order valence-corrected chi connectivity index (χ2v) is 4.14. The molecule has 1 heterocycles. The lowest BCUT2D eigenvalue weighted by molar-refractivity contribution is 0.0798. The molecule has 0 unspecified atom stereocenters. The molecule has 0 saturated carbocycles. The molecule has 2 rings (SSSR count). The second kappa shape index (κ2) is 4.60. The summed E-state index contributed by atoms with van der Waals surface area (Å²) in [6, 6.07) is 8.08. The van der Waals surface area contributed by atoms with Gasteiger partial charge < -0.3 is 5.73 Å². The van der Waals surface area contributed by atoms with E-state index in [1.165, 1.54) is 12.1 Å². The third-order valence-corrected chi connectivity index (χ3v) is 2.99. The van der Waals surface area contributed by atoms with Crippen LogP contribution in [0.4, 0.5) is 4.39 Å². The zero-order valence-electron chi connectivity index (χ0n) is 8.94. The van der Waals surface area contributed by atoms with Crippen molar-refractivity contribution in [3.8, 4) is 6.07 Å². The van der Waals surface area contributed by atoms with Crippen LogP contribution in [0.15, 0.2) is 24.3 Å². The van der Waals surface area contributed by atoms with Crippen molar-refractivity contribution in [3.05, 3.63) is 35.6 Å². The first-order valence-electron chi connectivity index (χ1n) is 5.33. The Labute approximate surface area is 94.3 Å². The van der Waals surface area contributed by atoms with Crippen molar-refractivity contribution in [1.29, 1.82) is 5.26 Å². The molecule has 0 spiro atoms. The topological polar surface area (TPSA) is 53.0 Å². The van der Waals surface area contributed by atoms with Crippen molar-refractivity contribution in [2.45, 2.75) is 6.04 Å². The van der Waals surface area contributed by atoms with Crippen molar-refractivity contribution in [3.63, 3.8) is 0 Å². The average Bonchev–Trinajstić information content (AvgIpc) is 2.24. The van der Waals surface area contributed by atoms with Crippen molar-refractivity contribution >= 4 is 0 Å². The molecule has 16 heavy (non-hydrogen) atoms. The van der Waals surface area contributed by atoms with Gasteiger partial charge in [-0.3, -0.25) is 4.90 Å². The van der Waals surface area contributed by atoms with Gasteiger partial charge in [0, 0.05) is 13.1 Å². The van der Waals surface area contributed by atoms with Crippen LogP contribution in [0.5, 0.6) is 0 Å². The SMILES string of the molecule is N#C[C@@H](c1ccc(F)cc1)N1CC(CN)C1. The van der Waals surface area contributed by atoms with E-state index in [4.69, 9.17) is 11.0 Å². The van der Waals surface area contributed by atoms with Crippen molar-refractivity contribution < 1.29 is 4.39 Å². The molecule has 3 nitrogen and oxygen atoms in total. The van der Waals surface area contributed by atoms with E-state index in [-0.39, 0.29) is 11.9 Å². The molecular formula is C12H14FN3. The minimum absolute atomic E-state index is 0.274. The lowest BCUT2D eigenvalue weighted by Crippen LogP contribution is -2.50. The highest BCUT2D eigenvalue weighted by molar-refractivity contribution is 5.25. The van der Waals surface area contributed by atoms with Gasteiger partial charge in [0.25, 0.3) is 0 Å². The molecule has 2 N–H and O–H groups in total. The normalized spacial score (nSPS) is 18.8. The van der Waals surface area contributed by atoms with E-state index in [1.807, 2.05) is 0 Å². The fourth-order valence-corrected chi connectivity index (χ4v) is 1.98. The number of benzene rings is 1. The number of nitrogens with zero attached hydrogens (tertiary/aromatic N) is 2. The molecule has 1 fully saturated rings. The van der Waals surface area contributed by atoms with Gasteiger partial charge in [0.15, 0.2) is 0 Å². The van der Waals surface area contributed by atoms with Crippen molar-refractivity contribution in [2.75, 3.05) is 19.6 Å². The number of nitrogens with two attached hydrogens (primary N) is 1. The van der Waals surface area contributed by atoms with Gasteiger partial charge >= 0.3 is 0 Å². The first-order chi connectivity index (χ1) is 7.74. The van der Waals surface area contributed by atoms with Gasteiger partial charge in [-0.05, 0) is 30.2 Å². The minimum atomic E-state index is -0.275. The smallest absolute Gasteiger partial charge is 0.123 e. The van der Waals surface area contributed by atoms with Crippen LogP contribution >= 0.6 is 0 Å². The Bertz CT molecular complexity index is 390. The molecule has 1 aromatic rings. The maximum atomic E-state index is 12.8. The third-order valence-electron chi connectivity index (χ3n) is 2.99. The molecule has 0 aromatic heterocycles. The maximum absolute atomic E-state index is 12.8. The molecular weight excluding hydrogens is 205 g/mol. The fraction of sp³-hybridized carbons (Fsp3) is 0.417. The van der Waals surface area contributed by atoms with Gasteiger partial charge in [0.05, 0.1) is 6.07 Å². The van der Waals surface area contributed by atoms with E-state index < -0.39 is 0 Å². The Balaban J connectivity index is 2.07. The molecule has 1 saturated heterocycles. The van der Waals surface area contributed by atoms with E-state index in [0.29, 0.717) is 12.5 Å². The Morgan fingerprint density at radius 1 is 1.44 bits per heavy atom. The van der Waals surface area contributed by atoms with Crippen LogP contribution in [0, 0.1) is 23.1 Å². The zero-order valence-corrected chi connectivity index (χ0v) is 8.94. The monoisotopic (exact) mass is 219 g/mol. The number of halogens is 1. The van der Waals surface area contributed by atoms with Crippen LogP contribution in [0.25, 0.3) is 0 Å². The van der Waals surface area contributed by atoms with Crippen molar-refractivity contribution in [2.24, 2.45) is 11.7 Å². The van der Waals surface area contributed by atoms with Crippen LogP contribution in [0.2, 0.25) is 0 Å². The predicted molar refractivity (Wildman–Crippen MR) is 58.9 cm³/mol. The third kappa shape index (κ3) is 2.06. The van der Waals surface area contributed by atoms with Crippen molar-refractivity contribution in [1.82, 2.24) is 4.90 Å². The first kappa shape index (κ1) is 11.1. The van der Waals surface area contributed by atoms with Gasteiger partial charge in [0.1, 0.15) is 11.9 Å². The molecule has 1 aliphatic heterocycles. The van der Waals surface area contributed by atoms with E-state index in [9.17, 15) is 4.39 Å². The summed E-state index contributed by atoms with van der Waals surface area (Å²) < 4.78 is 12.8. The number of nitriles is 1. The maximum Gasteiger partial charge on any atom is 0.123 e. The molecule has 1 aromatic carbocycles. The summed E-state index contributed by atoms with van der Waals surface area (Å²) in [5.74, 6) is 0.222. The number of rotatable bonds is 3. The molecule has 0 bridgehead atoms. The summed E-state index contributed by atoms with van der Waals surface area (Å²) in [7, 11) is 0. The van der Waals surface area contributed by atoms with Gasteiger partial charge in [0.2, 0.25) is 0 Å². The first-order valence-corrected chi connectivity index (χ1v) is 5.33. The van der Waals surface area contributed by atoms with Crippen LogP contribution in [-0.4, -0.2) is 24.5 Å². The molecule has 4 heteroatoms. The zero-order chi connectivity index (χ0) is 11.5. The number of likely N-dealkylation sites (tertiary alicyclic amines) is 1. The van der Waals surface area contributed by atoms with Gasteiger partial charge in [-0.2, -0.15) is 5.26 Å². The Morgan fingerprint density at radius 3 is 2.56 bits per heavy atom. The highest BCUT2D eigenvalue weighted by atomic mass is 19.1. The lowest BCUT2D eigenvalue weighted by atomic mass is 9.95. The summed E-state index contributed by atoms with van der Waals surface area (Å²) in [6.07, 6.45) is 0. The molecule has 0 amide bonds. The summed E-state index contributed by atoms with van der Waals surface area (Å²) in [5, 5.41) is 9.13. The fourth-order valence-electron chi connectivity index (χ4n) is 1.98. The van der Waals surface area contributed by atoms with Crippen LogP contribution in [-0.2, 0) is 0 Å². The molecule has 1 atom stereocenters. The lowest BCUT2D eigenvalue weighted by Gasteiger charge is -2.41. The van der Waals surface area contributed by atoms with E-state index in [1.54, 1.807) is 12.1 Å². The Hall–Kier alpha value is -1.44. The summed E-state index contributed by atoms with van der Waals surface area (Å²) in [6.45, 7) is 2.37. The summed E-state index contributed by atoms with van der Waals surface area (Å²) in [5.41, 5.74) is 6.38. The van der Waals surface area contributed by atoms with Gasteiger partial charge in [-0.25, -0.2) is 4.39 Å². The average molecular weight is 219 g/mol.